The van der Waals surface area contributed by atoms with Crippen LogP contribution in [0.15, 0.2) is 18.2 Å². The quantitative estimate of drug-likeness (QED) is 0.695. The molecule has 0 aliphatic heterocycles. The van der Waals surface area contributed by atoms with Gasteiger partial charge in [-0.15, -0.1) is 0 Å². The van der Waals surface area contributed by atoms with Crippen LogP contribution in [0.4, 0.5) is 0 Å². The molecule has 3 nitrogen and oxygen atoms in total. The first-order valence-electron chi connectivity index (χ1n) is 6.80. The van der Waals surface area contributed by atoms with Crippen molar-refractivity contribution in [3.8, 4) is 5.75 Å². The molecule has 0 unspecified atom stereocenters. The Morgan fingerprint density at radius 2 is 2.00 bits per heavy atom. The standard InChI is InChI=1S/C15H26N2O/c1-5-18-15-7-6-14(10-13(15)4)11-16-8-9-17-12(2)3/h6-7,10,12,16-17H,5,8-9,11H2,1-4H3. The number of aryl methyl sites for hydroxylation is 1. The summed E-state index contributed by atoms with van der Waals surface area (Å²) in [6.45, 7) is 12.1. The molecule has 1 rings (SSSR count). The Bertz CT molecular complexity index is 350. The summed E-state index contributed by atoms with van der Waals surface area (Å²) >= 11 is 0. The van der Waals surface area contributed by atoms with Crippen LogP contribution in [0.25, 0.3) is 0 Å². The van der Waals surface area contributed by atoms with Crippen LogP contribution < -0.4 is 15.4 Å². The van der Waals surface area contributed by atoms with E-state index in [2.05, 4.69) is 49.6 Å². The number of ether oxygens (including phenoxy) is 1. The van der Waals surface area contributed by atoms with Gasteiger partial charge < -0.3 is 15.4 Å². The van der Waals surface area contributed by atoms with Crippen molar-refractivity contribution in [2.75, 3.05) is 19.7 Å². The van der Waals surface area contributed by atoms with Gasteiger partial charge in [0, 0.05) is 25.7 Å². The lowest BCUT2D eigenvalue weighted by atomic mass is 10.1. The first-order chi connectivity index (χ1) is 8.63. The van der Waals surface area contributed by atoms with Crippen molar-refractivity contribution in [1.29, 1.82) is 0 Å². The summed E-state index contributed by atoms with van der Waals surface area (Å²) < 4.78 is 5.53. The van der Waals surface area contributed by atoms with Gasteiger partial charge in [-0.1, -0.05) is 26.0 Å². The number of hydrogen-bond acceptors (Lipinski definition) is 3. The first-order valence-corrected chi connectivity index (χ1v) is 6.80. The van der Waals surface area contributed by atoms with Gasteiger partial charge in [0.15, 0.2) is 0 Å². The molecule has 0 bridgehead atoms. The summed E-state index contributed by atoms with van der Waals surface area (Å²) in [5.41, 5.74) is 2.51. The topological polar surface area (TPSA) is 33.3 Å². The highest BCUT2D eigenvalue weighted by molar-refractivity contribution is 5.36. The van der Waals surface area contributed by atoms with E-state index in [-0.39, 0.29) is 0 Å². The zero-order valence-corrected chi connectivity index (χ0v) is 12.0. The average molecular weight is 250 g/mol. The average Bonchev–Trinajstić information content (AvgIpc) is 2.32. The Morgan fingerprint density at radius 3 is 2.61 bits per heavy atom. The monoisotopic (exact) mass is 250 g/mol. The maximum atomic E-state index is 5.53. The summed E-state index contributed by atoms with van der Waals surface area (Å²) in [5, 5.41) is 6.82. The van der Waals surface area contributed by atoms with Gasteiger partial charge in [-0.3, -0.25) is 0 Å². The molecule has 0 saturated heterocycles. The van der Waals surface area contributed by atoms with Gasteiger partial charge in [0.25, 0.3) is 0 Å². The van der Waals surface area contributed by atoms with E-state index in [0.717, 1.165) is 32.0 Å². The summed E-state index contributed by atoms with van der Waals surface area (Å²) in [7, 11) is 0. The third-order valence-electron chi connectivity index (χ3n) is 2.72. The normalized spacial score (nSPS) is 10.9. The first kappa shape index (κ1) is 15.0. The molecule has 0 aromatic heterocycles. The van der Waals surface area contributed by atoms with Crippen molar-refractivity contribution in [1.82, 2.24) is 10.6 Å². The lowest BCUT2D eigenvalue weighted by Crippen LogP contribution is -2.31. The van der Waals surface area contributed by atoms with E-state index in [1.165, 1.54) is 11.1 Å². The van der Waals surface area contributed by atoms with Crippen LogP contribution in [0.3, 0.4) is 0 Å². The molecule has 1 aromatic carbocycles. The van der Waals surface area contributed by atoms with Crippen LogP contribution in [-0.4, -0.2) is 25.7 Å². The van der Waals surface area contributed by atoms with E-state index in [0.29, 0.717) is 6.04 Å². The number of benzene rings is 1. The van der Waals surface area contributed by atoms with Crippen LogP contribution in [0.2, 0.25) is 0 Å². The van der Waals surface area contributed by atoms with Gasteiger partial charge in [0.05, 0.1) is 6.61 Å². The fraction of sp³-hybridized carbons (Fsp3) is 0.600. The summed E-state index contributed by atoms with van der Waals surface area (Å²) in [6, 6.07) is 6.93. The molecule has 102 valence electrons. The molecule has 0 aliphatic rings. The van der Waals surface area contributed by atoms with E-state index in [4.69, 9.17) is 4.74 Å². The van der Waals surface area contributed by atoms with Crippen LogP contribution in [-0.2, 0) is 6.54 Å². The second-order valence-electron chi connectivity index (χ2n) is 4.82. The van der Waals surface area contributed by atoms with Gasteiger partial charge in [0.1, 0.15) is 5.75 Å². The Balaban J connectivity index is 2.32. The van der Waals surface area contributed by atoms with Crippen molar-refractivity contribution in [2.45, 2.75) is 40.3 Å². The highest BCUT2D eigenvalue weighted by Gasteiger charge is 2.00. The number of nitrogens with one attached hydrogen (secondary N) is 2. The molecular weight excluding hydrogens is 224 g/mol. The molecule has 1 aromatic rings. The van der Waals surface area contributed by atoms with E-state index in [1.807, 2.05) is 6.92 Å². The molecule has 0 spiro atoms. The Hall–Kier alpha value is -1.06. The molecule has 0 atom stereocenters. The fourth-order valence-electron chi connectivity index (χ4n) is 1.82. The van der Waals surface area contributed by atoms with E-state index < -0.39 is 0 Å². The van der Waals surface area contributed by atoms with Gasteiger partial charge in [-0.2, -0.15) is 0 Å². The Labute approximate surface area is 111 Å². The Kier molecular flexibility index (Phi) is 6.76. The second-order valence-corrected chi connectivity index (χ2v) is 4.82. The molecule has 18 heavy (non-hydrogen) atoms. The minimum atomic E-state index is 0.555. The molecule has 3 heteroatoms. The molecule has 0 aliphatic carbocycles. The summed E-state index contributed by atoms with van der Waals surface area (Å²) in [5.74, 6) is 0.989. The third kappa shape index (κ3) is 5.52. The van der Waals surface area contributed by atoms with Crippen molar-refractivity contribution in [2.24, 2.45) is 0 Å². The van der Waals surface area contributed by atoms with E-state index in [9.17, 15) is 0 Å². The van der Waals surface area contributed by atoms with Gasteiger partial charge in [0.2, 0.25) is 0 Å². The smallest absolute Gasteiger partial charge is 0.122 e. The van der Waals surface area contributed by atoms with Crippen LogP contribution >= 0.6 is 0 Å². The van der Waals surface area contributed by atoms with Gasteiger partial charge >= 0.3 is 0 Å². The number of rotatable bonds is 8. The van der Waals surface area contributed by atoms with E-state index >= 15 is 0 Å². The van der Waals surface area contributed by atoms with Crippen LogP contribution in [0.1, 0.15) is 31.9 Å². The molecule has 0 fully saturated rings. The minimum absolute atomic E-state index is 0.555. The third-order valence-corrected chi connectivity index (χ3v) is 2.72. The van der Waals surface area contributed by atoms with Gasteiger partial charge in [-0.05, 0) is 31.0 Å². The van der Waals surface area contributed by atoms with Gasteiger partial charge in [-0.25, -0.2) is 0 Å². The lowest BCUT2D eigenvalue weighted by molar-refractivity contribution is 0.338. The van der Waals surface area contributed by atoms with E-state index in [1.54, 1.807) is 0 Å². The van der Waals surface area contributed by atoms with Crippen molar-refractivity contribution in [3.05, 3.63) is 29.3 Å². The highest BCUT2D eigenvalue weighted by atomic mass is 16.5. The SMILES string of the molecule is CCOc1ccc(CNCCNC(C)C)cc1C. The molecule has 0 radical (unpaired) electrons. The van der Waals surface area contributed by atoms with Crippen LogP contribution in [0, 0.1) is 6.92 Å². The maximum absolute atomic E-state index is 5.53. The van der Waals surface area contributed by atoms with Crippen LogP contribution in [0.5, 0.6) is 5.75 Å². The van der Waals surface area contributed by atoms with Crippen molar-refractivity contribution < 1.29 is 4.74 Å². The summed E-state index contributed by atoms with van der Waals surface area (Å²) in [4.78, 5) is 0. The molecule has 0 amide bonds. The lowest BCUT2D eigenvalue weighted by Gasteiger charge is -2.11. The second kappa shape index (κ2) is 8.11. The predicted molar refractivity (Wildman–Crippen MR) is 77.2 cm³/mol. The zero-order chi connectivity index (χ0) is 13.4. The molecule has 0 saturated carbocycles. The highest BCUT2D eigenvalue weighted by Crippen LogP contribution is 2.18. The maximum Gasteiger partial charge on any atom is 0.122 e. The molecular formula is C15H26N2O. The number of hydrogen-bond donors (Lipinski definition) is 2. The predicted octanol–water partition coefficient (Wildman–Crippen LogP) is 2.48. The minimum Gasteiger partial charge on any atom is -0.494 e. The zero-order valence-electron chi connectivity index (χ0n) is 12.0. The molecule has 0 heterocycles. The fourth-order valence-corrected chi connectivity index (χ4v) is 1.82. The van der Waals surface area contributed by atoms with Crippen molar-refractivity contribution >= 4 is 0 Å². The van der Waals surface area contributed by atoms with Crippen molar-refractivity contribution in [3.63, 3.8) is 0 Å². The Morgan fingerprint density at radius 1 is 1.22 bits per heavy atom. The molecule has 2 N–H and O–H groups in total. The largest absolute Gasteiger partial charge is 0.494 e. The summed E-state index contributed by atoms with van der Waals surface area (Å²) in [6.07, 6.45) is 0.